The van der Waals surface area contributed by atoms with Crippen LogP contribution < -0.4 is 0 Å². The third kappa shape index (κ3) is 3.16. The first-order valence-electron chi connectivity index (χ1n) is 4.89. The van der Waals surface area contributed by atoms with Gasteiger partial charge in [0.15, 0.2) is 0 Å². The molecular formula is C11H10F3NO2S. The topological polar surface area (TPSA) is 64.2 Å². The lowest BCUT2D eigenvalue weighted by atomic mass is 9.97. The molecule has 0 aliphatic rings. The largest absolute Gasteiger partial charge is 0.416 e. The van der Waals surface area contributed by atoms with E-state index >= 15 is 0 Å². The first-order chi connectivity index (χ1) is 8.31. The van der Waals surface area contributed by atoms with E-state index in [9.17, 15) is 23.4 Å². The zero-order valence-corrected chi connectivity index (χ0v) is 9.91. The molecule has 0 saturated carbocycles. The monoisotopic (exact) mass is 277 g/mol. The summed E-state index contributed by atoms with van der Waals surface area (Å²) in [6, 6.07) is 3.95. The lowest BCUT2D eigenvalue weighted by molar-refractivity contribution is -0.137. The minimum absolute atomic E-state index is 0.0490. The highest BCUT2D eigenvalue weighted by Crippen LogP contribution is 2.32. The minimum Gasteiger partial charge on any atom is -0.389 e. The van der Waals surface area contributed by atoms with Gasteiger partial charge in [-0.25, -0.2) is 0 Å². The SMILES string of the molecule is N#Cc1cc(C(F)(F)F)ccc1C(O)C(O)CS. The number of aliphatic hydroxyl groups is 2. The lowest BCUT2D eigenvalue weighted by Gasteiger charge is -2.18. The molecule has 0 saturated heterocycles. The maximum absolute atomic E-state index is 12.4. The van der Waals surface area contributed by atoms with Crippen LogP contribution in [0.25, 0.3) is 0 Å². The Morgan fingerprint density at radius 1 is 1.33 bits per heavy atom. The van der Waals surface area contributed by atoms with Gasteiger partial charge in [0.25, 0.3) is 0 Å². The molecule has 1 aromatic rings. The van der Waals surface area contributed by atoms with Crippen LogP contribution in [-0.4, -0.2) is 22.1 Å². The van der Waals surface area contributed by atoms with Crippen LogP contribution >= 0.6 is 12.6 Å². The number of nitrogens with zero attached hydrogens (tertiary/aromatic N) is 1. The Labute approximate surface area is 107 Å². The van der Waals surface area contributed by atoms with E-state index in [1.54, 1.807) is 6.07 Å². The van der Waals surface area contributed by atoms with Crippen molar-refractivity contribution in [1.29, 1.82) is 5.26 Å². The van der Waals surface area contributed by atoms with Crippen molar-refractivity contribution in [3.63, 3.8) is 0 Å². The fourth-order valence-corrected chi connectivity index (χ4v) is 1.59. The van der Waals surface area contributed by atoms with Crippen LogP contribution in [0, 0.1) is 11.3 Å². The smallest absolute Gasteiger partial charge is 0.389 e. The van der Waals surface area contributed by atoms with Crippen molar-refractivity contribution in [2.45, 2.75) is 18.4 Å². The second-order valence-corrected chi connectivity index (χ2v) is 3.97. The maximum atomic E-state index is 12.4. The van der Waals surface area contributed by atoms with Crippen LogP contribution in [0.15, 0.2) is 18.2 Å². The molecule has 0 aliphatic carbocycles. The molecule has 0 spiro atoms. The summed E-state index contributed by atoms with van der Waals surface area (Å²) in [7, 11) is 0. The number of halogens is 3. The normalized spacial score (nSPS) is 14.9. The maximum Gasteiger partial charge on any atom is 0.416 e. The van der Waals surface area contributed by atoms with E-state index in [2.05, 4.69) is 12.6 Å². The van der Waals surface area contributed by atoms with Gasteiger partial charge >= 0.3 is 6.18 Å². The quantitative estimate of drug-likeness (QED) is 0.739. The van der Waals surface area contributed by atoms with Gasteiger partial charge in [-0.3, -0.25) is 0 Å². The van der Waals surface area contributed by atoms with Gasteiger partial charge in [0.2, 0.25) is 0 Å². The number of nitriles is 1. The molecule has 0 heterocycles. The standard InChI is InChI=1S/C11H10F3NO2S/c12-11(13,14)7-1-2-8(6(3-7)4-15)10(17)9(16)5-18/h1-3,9-10,16-18H,5H2. The Balaban J connectivity index is 3.21. The molecule has 18 heavy (non-hydrogen) atoms. The molecule has 0 bridgehead atoms. The number of thiol groups is 1. The molecule has 0 aliphatic heterocycles. The van der Waals surface area contributed by atoms with Gasteiger partial charge in [-0.15, -0.1) is 0 Å². The third-order valence-electron chi connectivity index (χ3n) is 2.37. The van der Waals surface area contributed by atoms with Crippen LogP contribution in [0.3, 0.4) is 0 Å². The van der Waals surface area contributed by atoms with Crippen molar-refractivity contribution in [3.05, 3.63) is 34.9 Å². The van der Waals surface area contributed by atoms with E-state index in [0.717, 1.165) is 12.1 Å². The summed E-state index contributed by atoms with van der Waals surface area (Å²) in [6.45, 7) is 0. The molecule has 1 aromatic carbocycles. The summed E-state index contributed by atoms with van der Waals surface area (Å²) in [5, 5.41) is 27.8. The zero-order chi connectivity index (χ0) is 13.9. The molecule has 2 unspecified atom stereocenters. The number of alkyl halides is 3. The molecule has 1 rings (SSSR count). The molecule has 3 nitrogen and oxygen atoms in total. The second kappa shape index (κ2) is 5.61. The molecule has 98 valence electrons. The van der Waals surface area contributed by atoms with Gasteiger partial charge in [0.05, 0.1) is 23.3 Å². The fraction of sp³-hybridized carbons (Fsp3) is 0.364. The molecule has 0 amide bonds. The highest BCUT2D eigenvalue weighted by molar-refractivity contribution is 7.80. The zero-order valence-electron chi connectivity index (χ0n) is 9.02. The summed E-state index contributed by atoms with van der Waals surface area (Å²) in [5.74, 6) is -0.0763. The van der Waals surface area contributed by atoms with E-state index in [0.29, 0.717) is 6.07 Å². The van der Waals surface area contributed by atoms with Crippen LogP contribution in [0.4, 0.5) is 13.2 Å². The van der Waals surface area contributed by atoms with Gasteiger partial charge in [0.1, 0.15) is 6.10 Å². The third-order valence-corrected chi connectivity index (χ3v) is 2.75. The second-order valence-electron chi connectivity index (χ2n) is 3.61. The van der Waals surface area contributed by atoms with Crippen molar-refractivity contribution < 1.29 is 23.4 Å². The molecule has 2 N–H and O–H groups in total. The predicted octanol–water partition coefficient (Wildman–Crippen LogP) is 1.90. The number of hydrogen-bond acceptors (Lipinski definition) is 4. The van der Waals surface area contributed by atoms with E-state index in [4.69, 9.17) is 5.26 Å². The Hall–Kier alpha value is -1.23. The number of hydrogen-bond donors (Lipinski definition) is 3. The highest BCUT2D eigenvalue weighted by atomic mass is 32.1. The summed E-state index contributed by atoms with van der Waals surface area (Å²) in [4.78, 5) is 0. The van der Waals surface area contributed by atoms with E-state index < -0.39 is 23.9 Å². The Bertz CT molecular complexity index is 470. The van der Waals surface area contributed by atoms with E-state index in [-0.39, 0.29) is 16.9 Å². The average Bonchev–Trinajstić information content (AvgIpc) is 2.35. The summed E-state index contributed by atoms with van der Waals surface area (Å²) < 4.78 is 37.3. The molecule has 0 aromatic heterocycles. The number of rotatable bonds is 3. The van der Waals surface area contributed by atoms with Crippen molar-refractivity contribution >= 4 is 12.6 Å². The van der Waals surface area contributed by atoms with Crippen molar-refractivity contribution in [3.8, 4) is 6.07 Å². The molecular weight excluding hydrogens is 267 g/mol. The Morgan fingerprint density at radius 2 is 1.94 bits per heavy atom. The van der Waals surface area contributed by atoms with Crippen molar-refractivity contribution in [2.24, 2.45) is 0 Å². The summed E-state index contributed by atoms with van der Waals surface area (Å²) in [5.41, 5.74) is -1.35. The van der Waals surface area contributed by atoms with Crippen LogP contribution in [0.2, 0.25) is 0 Å². The number of benzene rings is 1. The predicted molar refractivity (Wildman–Crippen MR) is 61.0 cm³/mol. The van der Waals surface area contributed by atoms with Gasteiger partial charge in [-0.05, 0) is 12.1 Å². The van der Waals surface area contributed by atoms with Gasteiger partial charge < -0.3 is 10.2 Å². The Morgan fingerprint density at radius 3 is 2.39 bits per heavy atom. The fourth-order valence-electron chi connectivity index (χ4n) is 1.39. The van der Waals surface area contributed by atoms with Gasteiger partial charge in [-0.2, -0.15) is 31.1 Å². The van der Waals surface area contributed by atoms with Crippen LogP contribution in [0.5, 0.6) is 0 Å². The average molecular weight is 277 g/mol. The highest BCUT2D eigenvalue weighted by Gasteiger charge is 2.32. The van der Waals surface area contributed by atoms with Gasteiger partial charge in [0, 0.05) is 11.3 Å². The minimum atomic E-state index is -4.56. The van der Waals surface area contributed by atoms with E-state index in [1.807, 2.05) is 0 Å². The van der Waals surface area contributed by atoms with Crippen molar-refractivity contribution in [2.75, 3.05) is 5.75 Å². The van der Waals surface area contributed by atoms with Crippen LogP contribution in [0.1, 0.15) is 22.8 Å². The molecule has 2 atom stereocenters. The lowest BCUT2D eigenvalue weighted by Crippen LogP contribution is -2.21. The Kier molecular flexibility index (Phi) is 4.62. The first kappa shape index (κ1) is 14.8. The number of aliphatic hydroxyl groups excluding tert-OH is 2. The van der Waals surface area contributed by atoms with Crippen molar-refractivity contribution in [1.82, 2.24) is 0 Å². The van der Waals surface area contributed by atoms with Gasteiger partial charge in [-0.1, -0.05) is 6.07 Å². The van der Waals surface area contributed by atoms with E-state index in [1.165, 1.54) is 0 Å². The summed E-state index contributed by atoms with van der Waals surface area (Å²) in [6.07, 6.45) is -7.26. The molecule has 7 heteroatoms. The first-order valence-corrected chi connectivity index (χ1v) is 5.52. The molecule has 0 fully saturated rings. The molecule has 0 radical (unpaired) electrons. The van der Waals surface area contributed by atoms with Crippen LogP contribution in [-0.2, 0) is 6.18 Å². The summed E-state index contributed by atoms with van der Waals surface area (Å²) >= 11 is 3.76.